The van der Waals surface area contributed by atoms with Gasteiger partial charge in [-0.15, -0.1) is 11.6 Å². The van der Waals surface area contributed by atoms with Crippen molar-refractivity contribution in [2.45, 2.75) is 31.9 Å². The Balaban J connectivity index is 2.56. The number of hydrogen-bond acceptors (Lipinski definition) is 1. The van der Waals surface area contributed by atoms with E-state index in [-0.39, 0.29) is 24.5 Å². The van der Waals surface area contributed by atoms with Crippen molar-refractivity contribution in [1.29, 1.82) is 0 Å². The first-order chi connectivity index (χ1) is 6.45. The Morgan fingerprint density at radius 3 is 2.50 bits per heavy atom. The molecule has 0 N–H and O–H groups in total. The summed E-state index contributed by atoms with van der Waals surface area (Å²) in [6.07, 6.45) is -3.06. The van der Waals surface area contributed by atoms with E-state index in [9.17, 15) is 18.0 Å². The number of Topliss-reactive ketones (excluding diaryl/α,β-unsaturated/α-hetero) is 1. The Morgan fingerprint density at radius 1 is 1.36 bits per heavy atom. The SMILES string of the molecule is O=C(CCl)[C@@H]1CCC[C@@H](C(F)(F)F)C1. The number of carbonyl (C=O) groups is 1. The molecule has 5 heteroatoms. The van der Waals surface area contributed by atoms with Crippen LogP contribution in [0.25, 0.3) is 0 Å². The van der Waals surface area contributed by atoms with Crippen LogP contribution in [0.15, 0.2) is 0 Å². The van der Waals surface area contributed by atoms with E-state index in [2.05, 4.69) is 0 Å². The predicted molar refractivity (Wildman–Crippen MR) is 47.2 cm³/mol. The van der Waals surface area contributed by atoms with Gasteiger partial charge in [-0.2, -0.15) is 13.2 Å². The zero-order chi connectivity index (χ0) is 10.8. The molecule has 82 valence electrons. The highest BCUT2D eigenvalue weighted by Gasteiger charge is 2.43. The number of carbonyl (C=O) groups excluding carboxylic acids is 1. The van der Waals surface area contributed by atoms with Crippen molar-refractivity contribution in [3.8, 4) is 0 Å². The number of ketones is 1. The highest BCUT2D eigenvalue weighted by Crippen LogP contribution is 2.40. The van der Waals surface area contributed by atoms with Crippen molar-refractivity contribution in [3.63, 3.8) is 0 Å². The Kier molecular flexibility index (Phi) is 3.81. The van der Waals surface area contributed by atoms with Gasteiger partial charge in [0, 0.05) is 5.92 Å². The van der Waals surface area contributed by atoms with Crippen LogP contribution in [0.4, 0.5) is 13.2 Å². The van der Waals surface area contributed by atoms with Crippen LogP contribution in [-0.4, -0.2) is 17.8 Å². The molecule has 1 saturated carbocycles. The van der Waals surface area contributed by atoms with Crippen LogP contribution in [0.3, 0.4) is 0 Å². The van der Waals surface area contributed by atoms with Gasteiger partial charge in [0.1, 0.15) is 0 Å². The van der Waals surface area contributed by atoms with Crippen molar-refractivity contribution in [3.05, 3.63) is 0 Å². The first kappa shape index (κ1) is 11.8. The Labute approximate surface area is 85.6 Å². The molecule has 1 fully saturated rings. The lowest BCUT2D eigenvalue weighted by Gasteiger charge is -2.29. The Bertz CT molecular complexity index is 215. The normalized spacial score (nSPS) is 28.9. The molecule has 0 saturated heterocycles. The summed E-state index contributed by atoms with van der Waals surface area (Å²) < 4.78 is 37.0. The van der Waals surface area contributed by atoms with Crippen LogP contribution in [0.2, 0.25) is 0 Å². The average Bonchev–Trinajstić information content (AvgIpc) is 2.15. The quantitative estimate of drug-likeness (QED) is 0.664. The third-order valence-corrected chi connectivity index (χ3v) is 2.99. The highest BCUT2D eigenvalue weighted by molar-refractivity contribution is 6.27. The van der Waals surface area contributed by atoms with Crippen molar-refractivity contribution < 1.29 is 18.0 Å². The minimum Gasteiger partial charge on any atom is -0.298 e. The fraction of sp³-hybridized carbons (Fsp3) is 0.889. The van der Waals surface area contributed by atoms with Gasteiger partial charge in [-0.05, 0) is 19.3 Å². The van der Waals surface area contributed by atoms with Crippen LogP contribution < -0.4 is 0 Å². The zero-order valence-electron chi connectivity index (χ0n) is 7.61. The van der Waals surface area contributed by atoms with Gasteiger partial charge >= 0.3 is 6.18 Å². The van der Waals surface area contributed by atoms with E-state index < -0.39 is 18.0 Å². The summed E-state index contributed by atoms with van der Waals surface area (Å²) in [5.41, 5.74) is 0. The lowest BCUT2D eigenvalue weighted by Crippen LogP contribution is -2.32. The first-order valence-corrected chi connectivity index (χ1v) is 5.14. The predicted octanol–water partition coefficient (Wildman–Crippen LogP) is 3.16. The van der Waals surface area contributed by atoms with Gasteiger partial charge in [-0.25, -0.2) is 0 Å². The number of rotatable bonds is 2. The van der Waals surface area contributed by atoms with Crippen molar-refractivity contribution >= 4 is 17.4 Å². The molecule has 14 heavy (non-hydrogen) atoms. The average molecular weight is 229 g/mol. The van der Waals surface area contributed by atoms with Crippen LogP contribution >= 0.6 is 11.6 Å². The van der Waals surface area contributed by atoms with Crippen molar-refractivity contribution in [2.24, 2.45) is 11.8 Å². The molecule has 0 aliphatic heterocycles. The molecule has 0 aromatic carbocycles. The lowest BCUT2D eigenvalue weighted by atomic mass is 9.79. The second kappa shape index (κ2) is 4.51. The van der Waals surface area contributed by atoms with E-state index in [1.54, 1.807) is 0 Å². The molecule has 0 aromatic heterocycles. The summed E-state index contributed by atoms with van der Waals surface area (Å²) in [4.78, 5) is 11.1. The van der Waals surface area contributed by atoms with E-state index >= 15 is 0 Å². The van der Waals surface area contributed by atoms with Crippen LogP contribution in [0.1, 0.15) is 25.7 Å². The fourth-order valence-electron chi connectivity index (χ4n) is 1.89. The van der Waals surface area contributed by atoms with Gasteiger partial charge in [-0.3, -0.25) is 4.79 Å². The molecule has 0 aromatic rings. The molecule has 0 spiro atoms. The van der Waals surface area contributed by atoms with E-state index in [1.807, 2.05) is 0 Å². The van der Waals surface area contributed by atoms with Gasteiger partial charge in [0.15, 0.2) is 5.78 Å². The fourth-order valence-corrected chi connectivity index (χ4v) is 2.11. The third kappa shape index (κ3) is 2.87. The zero-order valence-corrected chi connectivity index (χ0v) is 8.37. The standard InChI is InChI=1S/C9H12ClF3O/c10-5-8(14)6-2-1-3-7(4-6)9(11,12)13/h6-7H,1-5H2/t6-,7-/m1/s1. The molecule has 1 nitrogen and oxygen atoms in total. The number of hydrogen-bond donors (Lipinski definition) is 0. The van der Waals surface area contributed by atoms with Crippen LogP contribution in [-0.2, 0) is 4.79 Å². The lowest BCUT2D eigenvalue weighted by molar-refractivity contribution is -0.185. The van der Waals surface area contributed by atoms with Gasteiger partial charge in [0.05, 0.1) is 11.8 Å². The molecular formula is C9H12ClF3O. The summed E-state index contributed by atoms with van der Waals surface area (Å²) in [5, 5.41) is 0. The topological polar surface area (TPSA) is 17.1 Å². The number of halogens is 4. The molecule has 0 bridgehead atoms. The largest absolute Gasteiger partial charge is 0.391 e. The van der Waals surface area contributed by atoms with E-state index in [0.717, 1.165) is 0 Å². The van der Waals surface area contributed by atoms with Crippen LogP contribution in [0, 0.1) is 11.8 Å². The number of alkyl halides is 4. The second-order valence-corrected chi connectivity index (χ2v) is 3.97. The Morgan fingerprint density at radius 2 is 2.00 bits per heavy atom. The molecule has 2 atom stereocenters. The third-order valence-electron chi connectivity index (χ3n) is 2.72. The van der Waals surface area contributed by atoms with Gasteiger partial charge in [0.2, 0.25) is 0 Å². The summed E-state index contributed by atoms with van der Waals surface area (Å²) in [6, 6.07) is 0. The van der Waals surface area contributed by atoms with E-state index in [0.29, 0.717) is 12.8 Å². The molecule has 0 amide bonds. The minimum absolute atomic E-state index is 0.0744. The Hall–Kier alpha value is -0.250. The second-order valence-electron chi connectivity index (χ2n) is 3.70. The summed E-state index contributed by atoms with van der Waals surface area (Å²) in [7, 11) is 0. The minimum atomic E-state index is -4.16. The van der Waals surface area contributed by atoms with Crippen molar-refractivity contribution in [2.75, 3.05) is 5.88 Å². The molecule has 0 heterocycles. The van der Waals surface area contributed by atoms with Crippen molar-refractivity contribution in [1.82, 2.24) is 0 Å². The maximum Gasteiger partial charge on any atom is 0.391 e. The summed E-state index contributed by atoms with van der Waals surface area (Å²) in [5.74, 6) is -2.21. The van der Waals surface area contributed by atoms with Gasteiger partial charge in [0.25, 0.3) is 0 Å². The van der Waals surface area contributed by atoms with E-state index in [1.165, 1.54) is 0 Å². The molecule has 0 unspecified atom stereocenters. The molecule has 1 aliphatic carbocycles. The van der Waals surface area contributed by atoms with Gasteiger partial charge < -0.3 is 0 Å². The monoisotopic (exact) mass is 228 g/mol. The van der Waals surface area contributed by atoms with Gasteiger partial charge in [-0.1, -0.05) is 6.42 Å². The molecule has 1 rings (SSSR count). The van der Waals surface area contributed by atoms with E-state index in [4.69, 9.17) is 11.6 Å². The maximum absolute atomic E-state index is 12.3. The molecule has 1 aliphatic rings. The maximum atomic E-state index is 12.3. The highest BCUT2D eigenvalue weighted by atomic mass is 35.5. The molecule has 0 radical (unpaired) electrons. The summed E-state index contributed by atoms with van der Waals surface area (Å²) in [6.45, 7) is 0. The van der Waals surface area contributed by atoms with Crippen LogP contribution in [0.5, 0.6) is 0 Å². The first-order valence-electron chi connectivity index (χ1n) is 4.60. The smallest absolute Gasteiger partial charge is 0.298 e. The summed E-state index contributed by atoms with van der Waals surface area (Å²) >= 11 is 5.32. The molecular weight excluding hydrogens is 217 g/mol.